The number of imidazole rings is 1. The number of nitrogens with one attached hydrogen (secondary N) is 2. The Morgan fingerprint density at radius 2 is 2.32 bits per heavy atom. The summed E-state index contributed by atoms with van der Waals surface area (Å²) in [6, 6.07) is 0.569. The van der Waals surface area contributed by atoms with Gasteiger partial charge in [0.1, 0.15) is 5.82 Å². The van der Waals surface area contributed by atoms with Gasteiger partial charge in [-0.3, -0.25) is 0 Å². The van der Waals surface area contributed by atoms with Gasteiger partial charge < -0.3 is 15.0 Å². The Labute approximate surface area is 113 Å². The standard InChI is InChI=1S/C14H21N5/c1-3-5-15-12-9-19-7-6-16-14(19)13(18-12)17-11-8-10(11)4-2/h6-7,9-11,15H,3-5,8H2,1-2H3,(H,17,18). The first-order valence-corrected chi connectivity index (χ1v) is 7.16. The summed E-state index contributed by atoms with van der Waals surface area (Å²) in [6.07, 6.45) is 9.34. The van der Waals surface area contributed by atoms with Gasteiger partial charge in [-0.05, 0) is 18.8 Å². The Kier molecular flexibility index (Phi) is 3.27. The lowest BCUT2D eigenvalue weighted by Crippen LogP contribution is -2.10. The molecule has 0 amide bonds. The number of nitrogens with zero attached hydrogens (tertiary/aromatic N) is 3. The summed E-state index contributed by atoms with van der Waals surface area (Å²) in [5.74, 6) is 2.60. The molecule has 2 N–H and O–H groups in total. The number of hydrogen-bond donors (Lipinski definition) is 2. The first-order chi connectivity index (χ1) is 9.31. The van der Waals surface area contributed by atoms with Gasteiger partial charge in [0.2, 0.25) is 0 Å². The Bertz CT molecular complexity index is 562. The fourth-order valence-corrected chi connectivity index (χ4v) is 2.42. The number of aromatic nitrogens is 3. The molecule has 0 spiro atoms. The Morgan fingerprint density at radius 1 is 1.42 bits per heavy atom. The molecule has 1 saturated carbocycles. The zero-order chi connectivity index (χ0) is 13.2. The monoisotopic (exact) mass is 259 g/mol. The fraction of sp³-hybridized carbons (Fsp3) is 0.571. The SMILES string of the molecule is CCCNc1cn2ccnc2c(NC2CC2CC)n1. The van der Waals surface area contributed by atoms with Crippen LogP contribution in [-0.4, -0.2) is 27.0 Å². The molecule has 1 fully saturated rings. The van der Waals surface area contributed by atoms with Crippen molar-refractivity contribution in [1.82, 2.24) is 14.4 Å². The van der Waals surface area contributed by atoms with Crippen LogP contribution in [0.25, 0.3) is 5.65 Å². The largest absolute Gasteiger partial charge is 0.369 e. The number of fused-ring (bicyclic) bond motifs is 1. The van der Waals surface area contributed by atoms with E-state index in [2.05, 4.69) is 34.4 Å². The Morgan fingerprint density at radius 3 is 3.05 bits per heavy atom. The van der Waals surface area contributed by atoms with Crippen LogP contribution in [0, 0.1) is 5.92 Å². The van der Waals surface area contributed by atoms with Crippen LogP contribution in [0.4, 0.5) is 11.6 Å². The van der Waals surface area contributed by atoms with Crippen molar-refractivity contribution in [3.05, 3.63) is 18.6 Å². The van der Waals surface area contributed by atoms with Crippen LogP contribution >= 0.6 is 0 Å². The van der Waals surface area contributed by atoms with Gasteiger partial charge >= 0.3 is 0 Å². The van der Waals surface area contributed by atoms with Gasteiger partial charge in [0.25, 0.3) is 0 Å². The van der Waals surface area contributed by atoms with E-state index in [1.54, 1.807) is 0 Å². The molecule has 19 heavy (non-hydrogen) atoms. The predicted octanol–water partition coefficient (Wildman–Crippen LogP) is 2.76. The van der Waals surface area contributed by atoms with Crippen molar-refractivity contribution < 1.29 is 0 Å². The maximum Gasteiger partial charge on any atom is 0.180 e. The van der Waals surface area contributed by atoms with Gasteiger partial charge in [-0.2, -0.15) is 0 Å². The van der Waals surface area contributed by atoms with Crippen LogP contribution < -0.4 is 10.6 Å². The van der Waals surface area contributed by atoms with E-state index in [4.69, 9.17) is 0 Å². The van der Waals surface area contributed by atoms with E-state index in [0.29, 0.717) is 6.04 Å². The Hall–Kier alpha value is -1.78. The second kappa shape index (κ2) is 5.07. The number of rotatable bonds is 6. The van der Waals surface area contributed by atoms with E-state index in [-0.39, 0.29) is 0 Å². The maximum atomic E-state index is 4.65. The van der Waals surface area contributed by atoms with Crippen molar-refractivity contribution in [2.75, 3.05) is 17.2 Å². The minimum Gasteiger partial charge on any atom is -0.369 e. The molecule has 2 heterocycles. The van der Waals surface area contributed by atoms with Crippen molar-refractivity contribution in [1.29, 1.82) is 0 Å². The van der Waals surface area contributed by atoms with Crippen LogP contribution in [-0.2, 0) is 0 Å². The minimum absolute atomic E-state index is 0.569. The fourth-order valence-electron chi connectivity index (χ4n) is 2.42. The topological polar surface area (TPSA) is 54.2 Å². The highest BCUT2D eigenvalue weighted by Gasteiger charge is 2.35. The first kappa shape index (κ1) is 12.3. The number of hydrogen-bond acceptors (Lipinski definition) is 4. The summed E-state index contributed by atoms with van der Waals surface area (Å²) < 4.78 is 2.02. The van der Waals surface area contributed by atoms with Gasteiger partial charge in [-0.1, -0.05) is 20.3 Å². The highest BCUT2D eigenvalue weighted by Crippen LogP contribution is 2.36. The summed E-state index contributed by atoms with van der Waals surface area (Å²) in [5, 5.41) is 6.86. The first-order valence-electron chi connectivity index (χ1n) is 7.16. The molecule has 102 valence electrons. The second-order valence-electron chi connectivity index (χ2n) is 5.21. The van der Waals surface area contributed by atoms with Gasteiger partial charge in [0.15, 0.2) is 11.5 Å². The van der Waals surface area contributed by atoms with E-state index in [9.17, 15) is 0 Å². The Balaban J connectivity index is 1.85. The van der Waals surface area contributed by atoms with Gasteiger partial charge in [0.05, 0.1) is 6.20 Å². The smallest absolute Gasteiger partial charge is 0.180 e. The van der Waals surface area contributed by atoms with Crippen LogP contribution in [0.2, 0.25) is 0 Å². The minimum atomic E-state index is 0.569. The molecule has 0 radical (unpaired) electrons. The summed E-state index contributed by atoms with van der Waals surface area (Å²) in [7, 11) is 0. The zero-order valence-corrected chi connectivity index (χ0v) is 11.6. The third kappa shape index (κ3) is 2.50. The summed E-state index contributed by atoms with van der Waals surface area (Å²) >= 11 is 0. The molecule has 5 nitrogen and oxygen atoms in total. The molecule has 0 bridgehead atoms. The summed E-state index contributed by atoms with van der Waals surface area (Å²) in [4.78, 5) is 9.04. The third-order valence-electron chi connectivity index (χ3n) is 3.70. The second-order valence-corrected chi connectivity index (χ2v) is 5.21. The van der Waals surface area contributed by atoms with Crippen LogP contribution in [0.3, 0.4) is 0 Å². The van der Waals surface area contributed by atoms with Crippen molar-refractivity contribution in [3.8, 4) is 0 Å². The van der Waals surface area contributed by atoms with Crippen molar-refractivity contribution in [2.45, 2.75) is 39.2 Å². The lowest BCUT2D eigenvalue weighted by Gasteiger charge is -2.10. The van der Waals surface area contributed by atoms with E-state index >= 15 is 0 Å². The molecule has 2 unspecified atom stereocenters. The molecule has 0 aliphatic heterocycles. The number of anilines is 2. The van der Waals surface area contributed by atoms with Gasteiger partial charge in [0, 0.05) is 25.0 Å². The van der Waals surface area contributed by atoms with Crippen LogP contribution in [0.1, 0.15) is 33.1 Å². The molecule has 1 aliphatic rings. The van der Waals surface area contributed by atoms with Crippen LogP contribution in [0.15, 0.2) is 18.6 Å². The molecular formula is C14H21N5. The molecule has 5 heteroatoms. The van der Waals surface area contributed by atoms with Crippen molar-refractivity contribution in [2.24, 2.45) is 5.92 Å². The van der Waals surface area contributed by atoms with Crippen molar-refractivity contribution in [3.63, 3.8) is 0 Å². The predicted molar refractivity (Wildman–Crippen MR) is 77.6 cm³/mol. The average molecular weight is 259 g/mol. The third-order valence-corrected chi connectivity index (χ3v) is 3.70. The van der Waals surface area contributed by atoms with Gasteiger partial charge in [-0.25, -0.2) is 9.97 Å². The van der Waals surface area contributed by atoms with Gasteiger partial charge in [-0.15, -0.1) is 0 Å². The van der Waals surface area contributed by atoms with E-state index in [0.717, 1.165) is 36.2 Å². The zero-order valence-electron chi connectivity index (χ0n) is 11.6. The molecule has 2 atom stereocenters. The van der Waals surface area contributed by atoms with E-state index in [1.165, 1.54) is 12.8 Å². The molecular weight excluding hydrogens is 238 g/mol. The maximum absolute atomic E-state index is 4.65. The van der Waals surface area contributed by atoms with E-state index < -0.39 is 0 Å². The van der Waals surface area contributed by atoms with Crippen molar-refractivity contribution >= 4 is 17.3 Å². The summed E-state index contributed by atoms with van der Waals surface area (Å²) in [6.45, 7) is 5.33. The molecule has 0 aromatic carbocycles. The lowest BCUT2D eigenvalue weighted by atomic mass is 10.3. The molecule has 0 saturated heterocycles. The van der Waals surface area contributed by atoms with E-state index in [1.807, 2.05) is 23.0 Å². The highest BCUT2D eigenvalue weighted by atomic mass is 15.2. The molecule has 2 aromatic heterocycles. The quantitative estimate of drug-likeness (QED) is 0.837. The van der Waals surface area contributed by atoms with Crippen LogP contribution in [0.5, 0.6) is 0 Å². The average Bonchev–Trinajstić information content (AvgIpc) is 3.00. The summed E-state index contributed by atoms with van der Waals surface area (Å²) in [5.41, 5.74) is 0.906. The highest BCUT2D eigenvalue weighted by molar-refractivity contribution is 5.66. The molecule has 3 rings (SSSR count). The molecule has 1 aliphatic carbocycles. The lowest BCUT2D eigenvalue weighted by molar-refractivity contribution is 0.773. The normalized spacial score (nSPS) is 21.6. The molecule has 2 aromatic rings.